The molecule has 9 aliphatic rings. The van der Waals surface area contributed by atoms with Gasteiger partial charge < -0.3 is 4.74 Å². The van der Waals surface area contributed by atoms with E-state index in [1.165, 1.54) is 63.4 Å². The summed E-state index contributed by atoms with van der Waals surface area (Å²) in [5.41, 5.74) is 3.12. The van der Waals surface area contributed by atoms with Crippen molar-refractivity contribution in [3.05, 3.63) is 52.1 Å². The molecule has 9 fully saturated rings. The molecule has 4 nitrogen and oxygen atoms in total. The summed E-state index contributed by atoms with van der Waals surface area (Å²) in [6.45, 7) is 0. The van der Waals surface area contributed by atoms with Crippen LogP contribution in [0.3, 0.4) is 0 Å². The molecule has 6 aliphatic heterocycles. The van der Waals surface area contributed by atoms with E-state index in [-0.39, 0.29) is 11.8 Å². The van der Waals surface area contributed by atoms with E-state index in [4.69, 9.17) is 4.74 Å². The molecule has 15 unspecified atom stereocenters. The summed E-state index contributed by atoms with van der Waals surface area (Å²) in [6, 6.07) is 4.52. The van der Waals surface area contributed by atoms with Crippen LogP contribution in [0.25, 0.3) is 0 Å². The summed E-state index contributed by atoms with van der Waals surface area (Å²) in [4.78, 5) is -2.03. The zero-order valence-electron chi connectivity index (χ0n) is 28.1. The SMILES string of the molecule is O=S(=O)(O)c1c(F)c(F)c(Oc2c(C3CC4SC3C3CCCC43)cc(C3CC4SC3C3CCCC43)cc2C2CC3SC2C2CCCC32)c(F)c1F. The molecular formula is C39H42F4O4S4. The van der Waals surface area contributed by atoms with E-state index >= 15 is 17.6 Å². The molecule has 6 bridgehead atoms. The Hall–Kier alpha value is -1.08. The van der Waals surface area contributed by atoms with Crippen LogP contribution in [-0.4, -0.2) is 44.5 Å². The van der Waals surface area contributed by atoms with Crippen LogP contribution in [0.2, 0.25) is 0 Å². The fourth-order valence-corrected chi connectivity index (χ4v) is 20.8. The first-order chi connectivity index (χ1) is 24.6. The van der Waals surface area contributed by atoms with Gasteiger partial charge in [-0.05, 0) is 116 Å². The van der Waals surface area contributed by atoms with Crippen LogP contribution in [0.1, 0.15) is 111 Å². The number of ether oxygens (including phenoxy) is 1. The highest BCUT2D eigenvalue weighted by atomic mass is 32.2. The topological polar surface area (TPSA) is 63.6 Å². The Balaban J connectivity index is 1.10. The van der Waals surface area contributed by atoms with Crippen molar-refractivity contribution in [2.75, 3.05) is 0 Å². The third kappa shape index (κ3) is 4.73. The van der Waals surface area contributed by atoms with Gasteiger partial charge in [0.25, 0.3) is 0 Å². The lowest BCUT2D eigenvalue weighted by Crippen LogP contribution is -2.31. The lowest BCUT2D eigenvalue weighted by atomic mass is 9.68. The van der Waals surface area contributed by atoms with E-state index in [9.17, 15) is 13.0 Å². The van der Waals surface area contributed by atoms with Gasteiger partial charge >= 0.3 is 10.1 Å². The maximum absolute atomic E-state index is 15.8. The first kappa shape index (κ1) is 33.3. The molecule has 2 aromatic carbocycles. The lowest BCUT2D eigenvalue weighted by Gasteiger charge is -2.36. The van der Waals surface area contributed by atoms with E-state index in [0.717, 1.165) is 42.2 Å². The second kappa shape index (κ2) is 11.7. The molecule has 0 spiro atoms. The number of hydrogen-bond donors (Lipinski definition) is 1. The van der Waals surface area contributed by atoms with Gasteiger partial charge in [0.1, 0.15) is 5.75 Å². The average molecular weight is 779 g/mol. The number of fused-ring (bicyclic) bond motifs is 15. The van der Waals surface area contributed by atoms with Crippen LogP contribution in [0.15, 0.2) is 17.0 Å². The van der Waals surface area contributed by atoms with Crippen LogP contribution in [0.5, 0.6) is 11.5 Å². The normalized spacial score (nSPS) is 44.1. The highest BCUT2D eigenvalue weighted by molar-refractivity contribution is 8.01. The fourth-order valence-electron chi connectivity index (χ4n) is 13.4. The highest BCUT2D eigenvalue weighted by Gasteiger charge is 2.59. The predicted octanol–water partition coefficient (Wildman–Crippen LogP) is 10.4. The summed E-state index contributed by atoms with van der Waals surface area (Å²) in [7, 11) is -5.59. The number of halogens is 4. The standard InChI is InChI=1S/C39H42F4O4S4/c40-30-32(42)39(51(44,45)46)33(43)31(41)35(30)47-34-23(25-13-28-17-5-2-8-20(17)37(25)49-28)10-15(22-12-27-16-4-1-7-19(16)36(22)48-27)11-24(34)26-14-29-18-6-3-9-21(18)38(26)50-29/h10-11,16-22,25-29,36-38H,1-9,12-14H2,(H,44,45,46). The maximum atomic E-state index is 15.8. The average Bonchev–Trinajstić information content (AvgIpc) is 3.94. The van der Waals surface area contributed by atoms with Gasteiger partial charge in [-0.3, -0.25) is 4.55 Å². The molecule has 274 valence electrons. The molecule has 12 heteroatoms. The van der Waals surface area contributed by atoms with Gasteiger partial charge in [0, 0.05) is 43.3 Å². The minimum atomic E-state index is -5.59. The van der Waals surface area contributed by atoms with E-state index in [1.54, 1.807) is 0 Å². The van der Waals surface area contributed by atoms with Crippen LogP contribution >= 0.6 is 35.3 Å². The number of hydrogen-bond acceptors (Lipinski definition) is 6. The summed E-state index contributed by atoms with van der Waals surface area (Å²) in [5, 5.41) is 2.95. The molecule has 1 N–H and O–H groups in total. The lowest BCUT2D eigenvalue weighted by molar-refractivity contribution is 0.286. The van der Waals surface area contributed by atoms with E-state index in [0.29, 0.717) is 66.8 Å². The van der Waals surface area contributed by atoms with Gasteiger partial charge in [0.05, 0.1) is 0 Å². The monoisotopic (exact) mass is 778 g/mol. The molecule has 15 atom stereocenters. The first-order valence-electron chi connectivity index (χ1n) is 19.2. The third-order valence-corrected chi connectivity index (χ3v) is 21.8. The van der Waals surface area contributed by atoms with Crippen molar-refractivity contribution in [2.24, 2.45) is 35.5 Å². The molecule has 2 aromatic rings. The van der Waals surface area contributed by atoms with Crippen molar-refractivity contribution < 1.29 is 35.3 Å². The van der Waals surface area contributed by atoms with Crippen molar-refractivity contribution in [1.29, 1.82) is 0 Å². The van der Waals surface area contributed by atoms with Gasteiger partial charge in [-0.1, -0.05) is 31.4 Å². The number of rotatable bonds is 6. The van der Waals surface area contributed by atoms with E-state index in [1.807, 2.05) is 0 Å². The van der Waals surface area contributed by atoms with Gasteiger partial charge in [-0.15, -0.1) is 0 Å². The highest BCUT2D eigenvalue weighted by Crippen LogP contribution is 2.69. The molecule has 6 saturated heterocycles. The Morgan fingerprint density at radius 3 is 1.39 bits per heavy atom. The minimum absolute atomic E-state index is 0.0851. The smallest absolute Gasteiger partial charge is 0.300 e. The van der Waals surface area contributed by atoms with Gasteiger partial charge in [0.15, 0.2) is 16.5 Å². The summed E-state index contributed by atoms with van der Waals surface area (Å²) < 4.78 is 102. The molecule has 0 radical (unpaired) electrons. The van der Waals surface area contributed by atoms with Gasteiger partial charge in [0.2, 0.25) is 17.4 Å². The number of benzene rings is 2. The van der Waals surface area contributed by atoms with Crippen molar-refractivity contribution in [2.45, 2.75) is 131 Å². The number of thioether (sulfide) groups is 3. The second-order valence-corrected chi connectivity index (χ2v) is 22.9. The molecule has 0 amide bonds. The van der Waals surface area contributed by atoms with Crippen LogP contribution in [0.4, 0.5) is 17.6 Å². The molecule has 51 heavy (non-hydrogen) atoms. The van der Waals surface area contributed by atoms with Crippen LogP contribution in [-0.2, 0) is 10.1 Å². The Labute approximate surface area is 309 Å². The molecule has 6 heterocycles. The van der Waals surface area contributed by atoms with Gasteiger partial charge in [-0.2, -0.15) is 52.5 Å². The van der Waals surface area contributed by atoms with Crippen molar-refractivity contribution in [3.63, 3.8) is 0 Å². The van der Waals surface area contributed by atoms with E-state index in [2.05, 4.69) is 47.4 Å². The van der Waals surface area contributed by atoms with Gasteiger partial charge in [-0.25, -0.2) is 8.78 Å². The largest absolute Gasteiger partial charge is 0.450 e. The van der Waals surface area contributed by atoms with Crippen LogP contribution < -0.4 is 4.74 Å². The van der Waals surface area contributed by atoms with Crippen LogP contribution in [0, 0.1) is 58.8 Å². The zero-order valence-corrected chi connectivity index (χ0v) is 31.4. The summed E-state index contributed by atoms with van der Waals surface area (Å²) in [6.07, 6.45) is 14.2. The molecular weight excluding hydrogens is 737 g/mol. The quantitative estimate of drug-likeness (QED) is 0.178. The first-order valence-corrected chi connectivity index (χ1v) is 23.5. The predicted molar refractivity (Wildman–Crippen MR) is 193 cm³/mol. The zero-order chi connectivity index (χ0) is 34.7. The molecule has 3 saturated carbocycles. The van der Waals surface area contributed by atoms with E-state index < -0.39 is 44.0 Å². The molecule has 3 aliphatic carbocycles. The summed E-state index contributed by atoms with van der Waals surface area (Å²) >= 11 is 6.29. The Morgan fingerprint density at radius 2 is 0.961 bits per heavy atom. The van der Waals surface area contributed by atoms with Crippen molar-refractivity contribution in [3.8, 4) is 11.5 Å². The van der Waals surface area contributed by atoms with Crippen molar-refractivity contribution >= 4 is 45.4 Å². The summed E-state index contributed by atoms with van der Waals surface area (Å²) in [5.74, 6) is -4.58. The molecule has 0 aromatic heterocycles. The Bertz CT molecular complexity index is 1850. The Kier molecular flexibility index (Phi) is 7.64. The third-order valence-electron chi connectivity index (χ3n) is 15.3. The maximum Gasteiger partial charge on any atom is 0.300 e. The second-order valence-electron chi connectivity index (χ2n) is 17.2. The minimum Gasteiger partial charge on any atom is -0.450 e. The fraction of sp³-hybridized carbons (Fsp3) is 0.692. The van der Waals surface area contributed by atoms with Crippen molar-refractivity contribution in [1.82, 2.24) is 0 Å². The Morgan fingerprint density at radius 1 is 0.569 bits per heavy atom. The molecule has 11 rings (SSSR count).